The van der Waals surface area contributed by atoms with Crippen LogP contribution in [0.25, 0.3) is 11.5 Å². The van der Waals surface area contributed by atoms with Gasteiger partial charge in [0.2, 0.25) is 5.89 Å². The zero-order chi connectivity index (χ0) is 16.9. The fourth-order valence-corrected chi connectivity index (χ4v) is 2.87. The number of methoxy groups -OCH3 is 1. The number of carbonyl (C=O) groups excluding carboxylic acids is 1. The van der Waals surface area contributed by atoms with E-state index in [4.69, 9.17) is 20.8 Å². The number of Topliss-reactive ketones (excluding diaryl/α,β-unsaturated/α-hetero) is 1. The zero-order valence-corrected chi connectivity index (χ0v) is 14.3. The van der Waals surface area contributed by atoms with Gasteiger partial charge in [-0.25, -0.2) is 0 Å². The molecular formula is C17H13ClN2O3S. The normalized spacial score (nSPS) is 10.6. The van der Waals surface area contributed by atoms with Crippen LogP contribution in [0, 0.1) is 0 Å². The predicted octanol–water partition coefficient (Wildman–Crippen LogP) is 4.37. The Hall–Kier alpha value is -2.31. The maximum atomic E-state index is 12.2. The lowest BCUT2D eigenvalue weighted by atomic mass is 10.1. The summed E-state index contributed by atoms with van der Waals surface area (Å²) < 4.78 is 10.6. The molecule has 0 unspecified atom stereocenters. The van der Waals surface area contributed by atoms with Crippen molar-refractivity contribution in [1.82, 2.24) is 10.2 Å². The molecule has 0 N–H and O–H groups in total. The zero-order valence-electron chi connectivity index (χ0n) is 12.7. The molecule has 3 aromatic rings. The van der Waals surface area contributed by atoms with Crippen LogP contribution in [0.2, 0.25) is 5.02 Å². The highest BCUT2D eigenvalue weighted by Gasteiger charge is 2.14. The van der Waals surface area contributed by atoms with Gasteiger partial charge in [0.25, 0.3) is 5.22 Å². The fourth-order valence-electron chi connectivity index (χ4n) is 2.00. The summed E-state index contributed by atoms with van der Waals surface area (Å²) in [5.74, 6) is 1.22. The van der Waals surface area contributed by atoms with Crippen LogP contribution in [0.15, 0.2) is 58.2 Å². The van der Waals surface area contributed by atoms with E-state index >= 15 is 0 Å². The molecule has 1 aromatic heterocycles. The van der Waals surface area contributed by atoms with E-state index in [1.54, 1.807) is 43.5 Å². The Kier molecular flexibility index (Phi) is 5.17. The summed E-state index contributed by atoms with van der Waals surface area (Å²) >= 11 is 7.29. The number of hydrogen-bond acceptors (Lipinski definition) is 6. The van der Waals surface area contributed by atoms with Crippen LogP contribution in [-0.2, 0) is 0 Å². The molecule has 3 rings (SSSR count). The monoisotopic (exact) mass is 360 g/mol. The number of benzene rings is 2. The third kappa shape index (κ3) is 3.77. The number of halogens is 1. The Morgan fingerprint density at radius 2 is 1.92 bits per heavy atom. The molecule has 0 aliphatic carbocycles. The van der Waals surface area contributed by atoms with Crippen LogP contribution in [-0.4, -0.2) is 28.8 Å². The molecule has 0 saturated heterocycles. The van der Waals surface area contributed by atoms with E-state index in [1.807, 2.05) is 12.1 Å². The minimum Gasteiger partial charge on any atom is -0.497 e. The molecular weight excluding hydrogens is 348 g/mol. The number of carbonyl (C=O) groups is 1. The Morgan fingerprint density at radius 1 is 1.17 bits per heavy atom. The first-order valence-electron chi connectivity index (χ1n) is 7.06. The number of nitrogens with zero attached hydrogens (tertiary/aromatic N) is 2. The van der Waals surface area contributed by atoms with Crippen molar-refractivity contribution in [3.05, 3.63) is 59.1 Å². The van der Waals surface area contributed by atoms with Gasteiger partial charge in [-0.1, -0.05) is 35.5 Å². The number of rotatable bonds is 6. The highest BCUT2D eigenvalue weighted by atomic mass is 35.5. The molecule has 7 heteroatoms. The topological polar surface area (TPSA) is 65.2 Å². The molecule has 0 spiro atoms. The number of hydrogen-bond donors (Lipinski definition) is 0. The molecule has 24 heavy (non-hydrogen) atoms. The van der Waals surface area contributed by atoms with Crippen molar-refractivity contribution >= 4 is 29.1 Å². The maximum Gasteiger partial charge on any atom is 0.277 e. The van der Waals surface area contributed by atoms with Crippen LogP contribution in [0.3, 0.4) is 0 Å². The standard InChI is InChI=1S/C17H13ClN2O3S/c1-22-12-8-6-11(7-9-12)15(21)10-24-17-20-19-16(23-17)13-4-2-3-5-14(13)18/h2-9H,10H2,1H3. The van der Waals surface area contributed by atoms with E-state index in [-0.39, 0.29) is 11.5 Å². The van der Waals surface area contributed by atoms with Gasteiger partial charge in [-0.15, -0.1) is 10.2 Å². The van der Waals surface area contributed by atoms with Crippen LogP contribution in [0.1, 0.15) is 10.4 Å². The van der Waals surface area contributed by atoms with Crippen molar-refractivity contribution in [3.8, 4) is 17.2 Å². The molecule has 5 nitrogen and oxygen atoms in total. The Morgan fingerprint density at radius 3 is 2.62 bits per heavy atom. The summed E-state index contributed by atoms with van der Waals surface area (Å²) in [7, 11) is 1.58. The second-order valence-electron chi connectivity index (χ2n) is 4.79. The van der Waals surface area contributed by atoms with Gasteiger partial charge in [0.05, 0.1) is 23.4 Å². The Labute approximate surface area is 148 Å². The van der Waals surface area contributed by atoms with Crippen LogP contribution in [0.5, 0.6) is 5.75 Å². The van der Waals surface area contributed by atoms with E-state index in [0.29, 0.717) is 33.0 Å². The first kappa shape index (κ1) is 16.5. The quantitative estimate of drug-likeness (QED) is 0.480. The van der Waals surface area contributed by atoms with Crippen molar-refractivity contribution in [2.45, 2.75) is 5.22 Å². The van der Waals surface area contributed by atoms with E-state index in [9.17, 15) is 4.79 Å². The molecule has 0 saturated carbocycles. The van der Waals surface area contributed by atoms with Crippen LogP contribution >= 0.6 is 23.4 Å². The van der Waals surface area contributed by atoms with Crippen LogP contribution in [0.4, 0.5) is 0 Å². The molecule has 0 aliphatic rings. The van der Waals surface area contributed by atoms with Gasteiger partial charge < -0.3 is 9.15 Å². The van der Waals surface area contributed by atoms with E-state index in [1.165, 1.54) is 11.8 Å². The van der Waals surface area contributed by atoms with Gasteiger partial charge in [-0.05, 0) is 36.4 Å². The summed E-state index contributed by atoms with van der Waals surface area (Å²) in [5.41, 5.74) is 1.27. The minimum atomic E-state index is -0.0276. The lowest BCUT2D eigenvalue weighted by Crippen LogP contribution is -2.02. The molecule has 0 amide bonds. The number of thioether (sulfide) groups is 1. The molecule has 0 atom stereocenters. The minimum absolute atomic E-state index is 0.0276. The lowest BCUT2D eigenvalue weighted by Gasteiger charge is -2.01. The first-order chi connectivity index (χ1) is 11.7. The summed E-state index contributed by atoms with van der Waals surface area (Å²) in [4.78, 5) is 12.2. The molecule has 122 valence electrons. The van der Waals surface area contributed by atoms with Gasteiger partial charge >= 0.3 is 0 Å². The number of ether oxygens (including phenoxy) is 1. The Balaban J connectivity index is 1.65. The lowest BCUT2D eigenvalue weighted by molar-refractivity contribution is 0.102. The van der Waals surface area contributed by atoms with E-state index < -0.39 is 0 Å². The fraction of sp³-hybridized carbons (Fsp3) is 0.118. The number of ketones is 1. The molecule has 0 aliphatic heterocycles. The largest absolute Gasteiger partial charge is 0.497 e. The highest BCUT2D eigenvalue weighted by Crippen LogP contribution is 2.28. The second-order valence-corrected chi connectivity index (χ2v) is 6.13. The van der Waals surface area contributed by atoms with Crippen molar-refractivity contribution in [2.24, 2.45) is 0 Å². The molecule has 0 bridgehead atoms. The van der Waals surface area contributed by atoms with Gasteiger partial charge in [0.1, 0.15) is 5.75 Å². The third-order valence-corrected chi connectivity index (χ3v) is 4.40. The highest BCUT2D eigenvalue weighted by molar-refractivity contribution is 7.99. The van der Waals surface area contributed by atoms with Gasteiger partial charge in [0, 0.05) is 5.56 Å². The summed E-state index contributed by atoms with van der Waals surface area (Å²) in [6.07, 6.45) is 0. The van der Waals surface area contributed by atoms with Gasteiger partial charge in [0.15, 0.2) is 5.78 Å². The SMILES string of the molecule is COc1ccc(C(=O)CSc2nnc(-c3ccccc3Cl)o2)cc1. The van der Waals surface area contributed by atoms with Gasteiger partial charge in [-0.2, -0.15) is 0 Å². The molecule has 2 aromatic carbocycles. The van der Waals surface area contributed by atoms with Crippen molar-refractivity contribution in [3.63, 3.8) is 0 Å². The Bertz CT molecular complexity index is 849. The third-order valence-electron chi connectivity index (χ3n) is 3.25. The second kappa shape index (κ2) is 7.51. The number of aromatic nitrogens is 2. The predicted molar refractivity (Wildman–Crippen MR) is 92.8 cm³/mol. The van der Waals surface area contributed by atoms with Crippen molar-refractivity contribution < 1.29 is 13.9 Å². The summed E-state index contributed by atoms with van der Waals surface area (Å²) in [5, 5.41) is 8.77. The first-order valence-corrected chi connectivity index (χ1v) is 8.42. The average Bonchev–Trinajstić information content (AvgIpc) is 3.09. The molecule has 0 radical (unpaired) electrons. The van der Waals surface area contributed by atoms with Crippen LogP contribution < -0.4 is 4.74 Å². The summed E-state index contributed by atoms with van der Waals surface area (Å²) in [6.45, 7) is 0. The average molecular weight is 361 g/mol. The van der Waals surface area contributed by atoms with Crippen molar-refractivity contribution in [1.29, 1.82) is 0 Å². The molecule has 0 fully saturated rings. The van der Waals surface area contributed by atoms with Gasteiger partial charge in [-0.3, -0.25) is 4.79 Å². The molecule has 1 heterocycles. The van der Waals surface area contributed by atoms with E-state index in [0.717, 1.165) is 0 Å². The van der Waals surface area contributed by atoms with Crippen molar-refractivity contribution in [2.75, 3.05) is 12.9 Å². The smallest absolute Gasteiger partial charge is 0.277 e. The maximum absolute atomic E-state index is 12.2. The summed E-state index contributed by atoms with van der Waals surface area (Å²) in [6, 6.07) is 14.2. The van der Waals surface area contributed by atoms with E-state index in [2.05, 4.69) is 10.2 Å².